The number of hydrogen-bond acceptors (Lipinski definition) is 3. The van der Waals surface area contributed by atoms with Crippen LogP contribution < -0.4 is 4.72 Å². The third-order valence-electron chi connectivity index (χ3n) is 2.08. The molecule has 0 aliphatic rings. The molecule has 0 unspecified atom stereocenters. The van der Waals surface area contributed by atoms with Gasteiger partial charge in [0.2, 0.25) is 10.0 Å². The maximum atomic E-state index is 13.1. The Kier molecular flexibility index (Phi) is 3.72. The summed E-state index contributed by atoms with van der Waals surface area (Å²) in [5, 5.41) is 8.01. The van der Waals surface area contributed by atoms with Crippen LogP contribution in [0.4, 0.5) is 10.1 Å². The summed E-state index contributed by atoms with van der Waals surface area (Å²) in [6, 6.07) is 3.01. The fraction of sp³-hybridized carbons (Fsp3) is 0.300. The van der Waals surface area contributed by atoms with Gasteiger partial charge >= 0.3 is 5.97 Å². The lowest BCUT2D eigenvalue weighted by Crippen LogP contribution is -2.22. The van der Waals surface area contributed by atoms with Gasteiger partial charge in [0.1, 0.15) is 5.82 Å². The Bertz CT molecular complexity index is 539. The largest absolute Gasteiger partial charge is 0.478 e. The Morgan fingerprint density at radius 1 is 1.41 bits per heavy atom. The molecule has 0 aliphatic carbocycles. The zero-order chi connectivity index (χ0) is 13.2. The summed E-state index contributed by atoms with van der Waals surface area (Å²) in [4.78, 5) is 10.7. The summed E-state index contributed by atoms with van der Waals surface area (Å²) in [7, 11) is -3.57. The topological polar surface area (TPSA) is 83.5 Å². The van der Waals surface area contributed by atoms with Crippen LogP contribution >= 0.6 is 0 Å². The smallest absolute Gasteiger partial charge is 0.338 e. The highest BCUT2D eigenvalue weighted by Crippen LogP contribution is 2.17. The monoisotopic (exact) mass is 261 g/mol. The fourth-order valence-corrected chi connectivity index (χ4v) is 1.73. The molecule has 0 fully saturated rings. The second-order valence-electron chi connectivity index (χ2n) is 3.70. The van der Waals surface area contributed by atoms with Gasteiger partial charge in [0.05, 0.1) is 10.8 Å². The number of carboxylic acid groups (broad SMARTS) is 1. The number of sulfonamides is 1. The predicted molar refractivity (Wildman–Crippen MR) is 61.0 cm³/mol. The summed E-state index contributed by atoms with van der Waals surface area (Å²) >= 11 is 0. The Hall–Kier alpha value is -1.63. The van der Waals surface area contributed by atoms with E-state index < -0.39 is 32.6 Å². The Morgan fingerprint density at radius 2 is 2.00 bits per heavy atom. The number of carbonyl (C=O) groups is 1. The molecule has 7 heteroatoms. The molecule has 0 radical (unpaired) electrons. The number of nitrogens with one attached hydrogen (secondary N) is 1. The van der Waals surface area contributed by atoms with Gasteiger partial charge < -0.3 is 5.11 Å². The molecule has 94 valence electrons. The number of anilines is 1. The minimum Gasteiger partial charge on any atom is -0.478 e. The second-order valence-corrected chi connectivity index (χ2v) is 5.93. The summed E-state index contributed by atoms with van der Waals surface area (Å²) < 4.78 is 38.3. The minimum absolute atomic E-state index is 0.0255. The molecule has 0 aromatic heterocycles. The van der Waals surface area contributed by atoms with Crippen LogP contribution in [0.3, 0.4) is 0 Å². The van der Waals surface area contributed by atoms with Crippen LogP contribution in [0.25, 0.3) is 0 Å². The lowest BCUT2D eigenvalue weighted by molar-refractivity contribution is 0.0692. The van der Waals surface area contributed by atoms with Gasteiger partial charge in [-0.3, -0.25) is 4.72 Å². The SMILES string of the molecule is CC(C)S(=O)(=O)Nc1ccc(F)c(C(=O)O)c1. The van der Waals surface area contributed by atoms with E-state index in [-0.39, 0.29) is 5.69 Å². The molecule has 2 N–H and O–H groups in total. The van der Waals surface area contributed by atoms with Gasteiger partial charge in [0.15, 0.2) is 0 Å². The number of benzene rings is 1. The highest BCUT2D eigenvalue weighted by Gasteiger charge is 2.17. The average molecular weight is 261 g/mol. The summed E-state index contributed by atoms with van der Waals surface area (Å²) in [5.74, 6) is -2.36. The van der Waals surface area contributed by atoms with Gasteiger partial charge in [-0.15, -0.1) is 0 Å². The molecular weight excluding hydrogens is 249 g/mol. The lowest BCUT2D eigenvalue weighted by atomic mass is 10.2. The van der Waals surface area contributed by atoms with Gasteiger partial charge in [-0.25, -0.2) is 17.6 Å². The normalized spacial score (nSPS) is 11.5. The average Bonchev–Trinajstić information content (AvgIpc) is 2.20. The van der Waals surface area contributed by atoms with Crippen LogP contribution in [0, 0.1) is 5.82 Å². The molecule has 0 atom stereocenters. The van der Waals surface area contributed by atoms with Crippen molar-refractivity contribution < 1.29 is 22.7 Å². The van der Waals surface area contributed by atoms with Crippen LogP contribution in [-0.2, 0) is 10.0 Å². The first-order valence-corrected chi connectivity index (χ1v) is 6.33. The molecule has 0 bridgehead atoms. The van der Waals surface area contributed by atoms with Gasteiger partial charge in [0, 0.05) is 5.69 Å². The van der Waals surface area contributed by atoms with E-state index in [1.54, 1.807) is 0 Å². The molecule has 0 amide bonds. The van der Waals surface area contributed by atoms with E-state index in [0.29, 0.717) is 0 Å². The van der Waals surface area contributed by atoms with Crippen LogP contribution in [0.5, 0.6) is 0 Å². The van der Waals surface area contributed by atoms with Crippen molar-refractivity contribution in [1.82, 2.24) is 0 Å². The molecule has 1 rings (SSSR count). The van der Waals surface area contributed by atoms with Crippen molar-refractivity contribution in [3.05, 3.63) is 29.6 Å². The molecule has 1 aromatic carbocycles. The standard InChI is InChI=1S/C10H12FNO4S/c1-6(2)17(15,16)12-7-3-4-9(11)8(5-7)10(13)14/h3-6,12H,1-2H3,(H,13,14). The Labute approximate surface area is 98.3 Å². The second kappa shape index (κ2) is 4.70. The van der Waals surface area contributed by atoms with E-state index >= 15 is 0 Å². The van der Waals surface area contributed by atoms with Crippen molar-refractivity contribution in [2.24, 2.45) is 0 Å². The van der Waals surface area contributed by atoms with E-state index in [4.69, 9.17) is 5.11 Å². The minimum atomic E-state index is -3.57. The summed E-state index contributed by atoms with van der Waals surface area (Å²) in [6.07, 6.45) is 0. The van der Waals surface area contributed by atoms with Crippen molar-refractivity contribution in [3.8, 4) is 0 Å². The number of hydrogen-bond donors (Lipinski definition) is 2. The van der Waals surface area contributed by atoms with Crippen molar-refractivity contribution in [2.45, 2.75) is 19.1 Å². The van der Waals surface area contributed by atoms with Gasteiger partial charge in [0.25, 0.3) is 0 Å². The lowest BCUT2D eigenvalue weighted by Gasteiger charge is -2.11. The number of halogens is 1. The van der Waals surface area contributed by atoms with Crippen molar-refractivity contribution in [3.63, 3.8) is 0 Å². The van der Waals surface area contributed by atoms with E-state index in [1.807, 2.05) is 0 Å². The molecule has 17 heavy (non-hydrogen) atoms. The fourth-order valence-electron chi connectivity index (χ4n) is 1.03. The molecule has 0 saturated carbocycles. The maximum Gasteiger partial charge on any atom is 0.338 e. The predicted octanol–water partition coefficient (Wildman–Crippen LogP) is 1.67. The summed E-state index contributed by atoms with van der Waals surface area (Å²) in [5.41, 5.74) is -0.550. The maximum absolute atomic E-state index is 13.1. The van der Waals surface area contributed by atoms with E-state index in [2.05, 4.69) is 4.72 Å². The highest BCUT2D eigenvalue weighted by molar-refractivity contribution is 7.93. The van der Waals surface area contributed by atoms with E-state index in [0.717, 1.165) is 12.1 Å². The Balaban J connectivity index is 3.10. The zero-order valence-electron chi connectivity index (χ0n) is 9.27. The van der Waals surface area contributed by atoms with Crippen molar-refractivity contribution in [1.29, 1.82) is 0 Å². The third kappa shape index (κ3) is 3.16. The van der Waals surface area contributed by atoms with Crippen LogP contribution in [-0.4, -0.2) is 24.7 Å². The van der Waals surface area contributed by atoms with Gasteiger partial charge in [-0.1, -0.05) is 0 Å². The molecular formula is C10H12FNO4S. The molecule has 0 aliphatic heterocycles. The molecule has 0 spiro atoms. The molecule has 1 aromatic rings. The number of rotatable bonds is 4. The first kappa shape index (κ1) is 13.4. The van der Waals surface area contributed by atoms with E-state index in [1.165, 1.54) is 19.9 Å². The molecule has 0 heterocycles. The third-order valence-corrected chi connectivity index (χ3v) is 3.84. The van der Waals surface area contributed by atoms with E-state index in [9.17, 15) is 17.6 Å². The zero-order valence-corrected chi connectivity index (χ0v) is 10.1. The number of carboxylic acids is 1. The first-order chi connectivity index (χ1) is 7.74. The van der Waals surface area contributed by atoms with Crippen LogP contribution in [0.15, 0.2) is 18.2 Å². The highest BCUT2D eigenvalue weighted by atomic mass is 32.2. The van der Waals surface area contributed by atoms with Crippen molar-refractivity contribution in [2.75, 3.05) is 4.72 Å². The van der Waals surface area contributed by atoms with Crippen LogP contribution in [0.1, 0.15) is 24.2 Å². The quantitative estimate of drug-likeness (QED) is 0.863. The molecule has 0 saturated heterocycles. The molecule has 5 nitrogen and oxygen atoms in total. The first-order valence-electron chi connectivity index (χ1n) is 4.78. The number of aromatic carboxylic acids is 1. The van der Waals surface area contributed by atoms with Gasteiger partial charge in [-0.05, 0) is 32.0 Å². The van der Waals surface area contributed by atoms with Crippen molar-refractivity contribution >= 4 is 21.7 Å². The Morgan fingerprint density at radius 3 is 2.47 bits per heavy atom. The summed E-state index contributed by atoms with van der Waals surface area (Å²) in [6.45, 7) is 2.95. The van der Waals surface area contributed by atoms with Gasteiger partial charge in [-0.2, -0.15) is 0 Å². The van der Waals surface area contributed by atoms with Crippen LogP contribution in [0.2, 0.25) is 0 Å².